The molecular formula is C29H23ClN2O5. The molecule has 0 aliphatic heterocycles. The molecule has 0 aliphatic rings. The summed E-state index contributed by atoms with van der Waals surface area (Å²) in [5.41, 5.74) is 5.05. The summed E-state index contributed by atoms with van der Waals surface area (Å²) >= 11 is 5.89. The van der Waals surface area contributed by atoms with E-state index in [1.807, 2.05) is 12.1 Å². The van der Waals surface area contributed by atoms with E-state index in [1.165, 1.54) is 6.21 Å². The molecule has 4 rings (SSSR count). The Labute approximate surface area is 219 Å². The molecule has 0 fully saturated rings. The number of benzene rings is 4. The molecular weight excluding hydrogens is 492 g/mol. The van der Waals surface area contributed by atoms with Crippen molar-refractivity contribution in [2.45, 2.75) is 6.61 Å². The van der Waals surface area contributed by atoms with E-state index in [2.05, 4.69) is 10.5 Å². The summed E-state index contributed by atoms with van der Waals surface area (Å²) in [5.74, 6) is 0.856. The zero-order chi connectivity index (χ0) is 26.0. The van der Waals surface area contributed by atoms with Crippen LogP contribution in [-0.2, 0) is 6.61 Å². The molecule has 0 saturated carbocycles. The minimum atomic E-state index is -0.474. The second kappa shape index (κ2) is 12.4. The zero-order valence-electron chi connectivity index (χ0n) is 19.9. The van der Waals surface area contributed by atoms with Crippen LogP contribution in [0.15, 0.2) is 102 Å². The second-order valence-electron chi connectivity index (χ2n) is 7.83. The van der Waals surface area contributed by atoms with E-state index < -0.39 is 5.97 Å². The lowest BCUT2D eigenvalue weighted by atomic mass is 10.2. The normalized spacial score (nSPS) is 10.6. The summed E-state index contributed by atoms with van der Waals surface area (Å²) in [6.45, 7) is 0.395. The van der Waals surface area contributed by atoms with Crippen molar-refractivity contribution >= 4 is 29.7 Å². The van der Waals surface area contributed by atoms with Gasteiger partial charge in [0, 0.05) is 10.6 Å². The molecule has 0 atom stereocenters. The number of carbonyl (C=O) groups is 2. The summed E-state index contributed by atoms with van der Waals surface area (Å²) in [6.07, 6.45) is 1.50. The highest BCUT2D eigenvalue weighted by Gasteiger charge is 2.09. The van der Waals surface area contributed by atoms with Gasteiger partial charge in [0.25, 0.3) is 5.91 Å². The molecule has 0 heterocycles. The van der Waals surface area contributed by atoms with Gasteiger partial charge in [0.15, 0.2) is 0 Å². The number of esters is 1. The van der Waals surface area contributed by atoms with Crippen molar-refractivity contribution < 1.29 is 23.8 Å². The second-order valence-corrected chi connectivity index (χ2v) is 8.26. The highest BCUT2D eigenvalue weighted by Crippen LogP contribution is 2.17. The molecule has 7 nitrogen and oxygen atoms in total. The van der Waals surface area contributed by atoms with Gasteiger partial charge in [0.05, 0.1) is 18.9 Å². The van der Waals surface area contributed by atoms with Crippen LogP contribution in [-0.4, -0.2) is 25.2 Å². The molecule has 1 amide bonds. The third-order valence-corrected chi connectivity index (χ3v) is 5.48. The Kier molecular flexibility index (Phi) is 8.52. The molecule has 0 bridgehead atoms. The quantitative estimate of drug-likeness (QED) is 0.130. The molecule has 37 heavy (non-hydrogen) atoms. The summed E-state index contributed by atoms with van der Waals surface area (Å²) in [6, 6.07) is 27.5. The molecule has 0 saturated heterocycles. The van der Waals surface area contributed by atoms with E-state index >= 15 is 0 Å². The van der Waals surface area contributed by atoms with Crippen LogP contribution in [0.3, 0.4) is 0 Å². The van der Waals surface area contributed by atoms with E-state index in [1.54, 1.807) is 92.0 Å². The molecule has 0 spiro atoms. The van der Waals surface area contributed by atoms with Gasteiger partial charge in [-0.3, -0.25) is 4.79 Å². The SMILES string of the molecule is COc1ccc(C(=O)Oc2ccc(C=NNC(=O)c3ccc(OCc4ccc(Cl)cc4)cc3)cc2)cc1. The first-order valence-corrected chi connectivity index (χ1v) is 11.6. The molecule has 1 N–H and O–H groups in total. The average Bonchev–Trinajstić information content (AvgIpc) is 2.94. The average molecular weight is 515 g/mol. The zero-order valence-corrected chi connectivity index (χ0v) is 20.6. The van der Waals surface area contributed by atoms with Gasteiger partial charge in [-0.2, -0.15) is 5.10 Å². The number of nitrogens with one attached hydrogen (secondary N) is 1. The molecule has 0 unspecified atom stereocenters. The Morgan fingerprint density at radius 2 is 1.38 bits per heavy atom. The lowest BCUT2D eigenvalue weighted by Gasteiger charge is -2.07. The number of amides is 1. The number of rotatable bonds is 9. The Bertz CT molecular complexity index is 1370. The van der Waals surface area contributed by atoms with Crippen LogP contribution < -0.4 is 19.6 Å². The van der Waals surface area contributed by atoms with Gasteiger partial charge in [-0.25, -0.2) is 10.2 Å². The van der Waals surface area contributed by atoms with E-state index in [4.69, 9.17) is 25.8 Å². The Morgan fingerprint density at radius 3 is 2.03 bits per heavy atom. The number of carbonyl (C=O) groups excluding carboxylic acids is 2. The van der Waals surface area contributed by atoms with E-state index in [0.29, 0.717) is 40.0 Å². The monoisotopic (exact) mass is 514 g/mol. The summed E-state index contributed by atoms with van der Waals surface area (Å²) in [7, 11) is 1.56. The van der Waals surface area contributed by atoms with Gasteiger partial charge >= 0.3 is 5.97 Å². The Balaban J connectivity index is 1.25. The van der Waals surface area contributed by atoms with E-state index in [-0.39, 0.29) is 5.91 Å². The summed E-state index contributed by atoms with van der Waals surface area (Å²) in [4.78, 5) is 24.6. The van der Waals surface area contributed by atoms with Gasteiger partial charge in [-0.05, 0) is 96.1 Å². The predicted molar refractivity (Wildman–Crippen MR) is 142 cm³/mol. The van der Waals surface area contributed by atoms with Crippen molar-refractivity contribution in [3.63, 3.8) is 0 Å². The van der Waals surface area contributed by atoms with Crippen molar-refractivity contribution in [2.24, 2.45) is 5.10 Å². The number of hydrazone groups is 1. The third-order valence-electron chi connectivity index (χ3n) is 5.23. The van der Waals surface area contributed by atoms with Crippen LogP contribution in [0, 0.1) is 0 Å². The topological polar surface area (TPSA) is 86.2 Å². The number of hydrogen-bond donors (Lipinski definition) is 1. The maximum absolute atomic E-state index is 12.4. The van der Waals surface area contributed by atoms with Gasteiger partial charge in [-0.15, -0.1) is 0 Å². The fraction of sp³-hybridized carbons (Fsp3) is 0.0690. The number of hydrogen-bond acceptors (Lipinski definition) is 6. The fourth-order valence-corrected chi connectivity index (χ4v) is 3.32. The predicted octanol–water partition coefficient (Wildman–Crippen LogP) is 5.91. The minimum Gasteiger partial charge on any atom is -0.497 e. The van der Waals surface area contributed by atoms with E-state index in [0.717, 1.165) is 11.1 Å². The first kappa shape index (κ1) is 25.5. The van der Waals surface area contributed by atoms with Gasteiger partial charge < -0.3 is 14.2 Å². The molecule has 0 radical (unpaired) electrons. The first-order chi connectivity index (χ1) is 18.0. The third kappa shape index (κ3) is 7.43. The van der Waals surface area contributed by atoms with Crippen LogP contribution in [0.4, 0.5) is 0 Å². The largest absolute Gasteiger partial charge is 0.497 e. The lowest BCUT2D eigenvalue weighted by molar-refractivity contribution is 0.0734. The number of ether oxygens (including phenoxy) is 3. The van der Waals surface area contributed by atoms with Crippen LogP contribution >= 0.6 is 11.6 Å². The van der Waals surface area contributed by atoms with Gasteiger partial charge in [0.1, 0.15) is 23.9 Å². The maximum atomic E-state index is 12.4. The van der Waals surface area contributed by atoms with Crippen LogP contribution in [0.5, 0.6) is 17.2 Å². The van der Waals surface area contributed by atoms with Crippen molar-refractivity contribution in [1.82, 2.24) is 5.43 Å². The first-order valence-electron chi connectivity index (χ1n) is 11.3. The molecule has 4 aromatic carbocycles. The number of halogens is 1. The van der Waals surface area contributed by atoms with Crippen LogP contribution in [0.25, 0.3) is 0 Å². The van der Waals surface area contributed by atoms with Gasteiger partial charge in [-0.1, -0.05) is 23.7 Å². The van der Waals surface area contributed by atoms with Crippen LogP contribution in [0.2, 0.25) is 5.02 Å². The van der Waals surface area contributed by atoms with Crippen molar-refractivity contribution in [2.75, 3.05) is 7.11 Å². The number of nitrogens with zero attached hydrogens (tertiary/aromatic N) is 1. The van der Waals surface area contributed by atoms with Crippen molar-refractivity contribution in [3.05, 3.63) is 124 Å². The summed E-state index contributed by atoms with van der Waals surface area (Å²) < 4.78 is 16.2. The molecule has 4 aromatic rings. The molecule has 0 aromatic heterocycles. The smallest absolute Gasteiger partial charge is 0.343 e. The highest BCUT2D eigenvalue weighted by molar-refractivity contribution is 6.30. The number of methoxy groups -OCH3 is 1. The van der Waals surface area contributed by atoms with Crippen LogP contribution in [0.1, 0.15) is 31.8 Å². The highest BCUT2D eigenvalue weighted by atomic mass is 35.5. The fourth-order valence-electron chi connectivity index (χ4n) is 3.19. The molecule has 8 heteroatoms. The van der Waals surface area contributed by atoms with Crippen molar-refractivity contribution in [3.8, 4) is 17.2 Å². The Hall–Kier alpha value is -4.62. The molecule has 0 aliphatic carbocycles. The standard InChI is InChI=1S/C29H23ClN2O5/c1-35-25-14-8-23(9-15-25)29(34)37-27-12-4-20(5-13-27)18-31-32-28(33)22-6-16-26(17-7-22)36-19-21-2-10-24(30)11-3-21/h2-18H,19H2,1H3,(H,32,33). The van der Waals surface area contributed by atoms with E-state index in [9.17, 15) is 9.59 Å². The Morgan fingerprint density at radius 1 is 0.784 bits per heavy atom. The lowest BCUT2D eigenvalue weighted by Crippen LogP contribution is -2.17. The van der Waals surface area contributed by atoms with Gasteiger partial charge in [0.2, 0.25) is 0 Å². The minimum absolute atomic E-state index is 0.356. The van der Waals surface area contributed by atoms with Crippen molar-refractivity contribution in [1.29, 1.82) is 0 Å². The maximum Gasteiger partial charge on any atom is 0.343 e. The molecule has 186 valence electrons. The summed E-state index contributed by atoms with van der Waals surface area (Å²) in [5, 5.41) is 4.66.